The molecule has 2 N–H and O–H groups in total. The minimum atomic E-state index is -1.12. The molecule has 0 aromatic carbocycles. The van der Waals surface area contributed by atoms with E-state index in [1.807, 2.05) is 0 Å². The number of morpholine rings is 1. The summed E-state index contributed by atoms with van der Waals surface area (Å²) in [6, 6.07) is 1.10. The van der Waals surface area contributed by atoms with Crippen molar-refractivity contribution in [3.63, 3.8) is 0 Å². The average Bonchev–Trinajstić information content (AvgIpc) is 2.70. The Balaban J connectivity index is 1.94. The van der Waals surface area contributed by atoms with E-state index in [-0.39, 0.29) is 11.3 Å². The maximum Gasteiger partial charge on any atom is 0.353 e. The van der Waals surface area contributed by atoms with Crippen molar-refractivity contribution in [3.8, 4) is 0 Å². The number of aromatic amines is 1. The highest BCUT2D eigenvalue weighted by Crippen LogP contribution is 1.97. The SMILES string of the molecule is O=C(O)c1cc(=O)n(CCN2CCOCC2)[nH]1. The van der Waals surface area contributed by atoms with Crippen LogP contribution in [0.4, 0.5) is 0 Å². The average molecular weight is 241 g/mol. The van der Waals surface area contributed by atoms with Gasteiger partial charge < -0.3 is 9.84 Å². The van der Waals surface area contributed by atoms with Crippen molar-refractivity contribution < 1.29 is 14.6 Å². The van der Waals surface area contributed by atoms with E-state index in [1.54, 1.807) is 0 Å². The molecule has 0 amide bonds. The van der Waals surface area contributed by atoms with Gasteiger partial charge >= 0.3 is 5.97 Å². The van der Waals surface area contributed by atoms with Gasteiger partial charge in [-0.3, -0.25) is 19.5 Å². The smallest absolute Gasteiger partial charge is 0.353 e. The maximum atomic E-state index is 11.4. The molecular formula is C10H15N3O4. The molecule has 1 fully saturated rings. The third-order valence-corrected chi connectivity index (χ3v) is 2.76. The molecule has 2 rings (SSSR count). The number of nitrogens with one attached hydrogen (secondary N) is 1. The molecule has 0 atom stereocenters. The summed E-state index contributed by atoms with van der Waals surface area (Å²) in [5, 5.41) is 11.3. The number of carbonyl (C=O) groups is 1. The Kier molecular flexibility index (Phi) is 3.60. The van der Waals surface area contributed by atoms with Crippen LogP contribution in [0.15, 0.2) is 10.9 Å². The second-order valence-corrected chi connectivity index (χ2v) is 3.92. The Morgan fingerprint density at radius 1 is 1.41 bits per heavy atom. The summed E-state index contributed by atoms with van der Waals surface area (Å²) in [6.07, 6.45) is 0. The number of carboxylic acids is 1. The molecule has 2 heterocycles. The van der Waals surface area contributed by atoms with Gasteiger partial charge in [0.2, 0.25) is 0 Å². The molecule has 7 nitrogen and oxygen atoms in total. The van der Waals surface area contributed by atoms with E-state index in [2.05, 4.69) is 10.00 Å². The molecule has 1 aliphatic heterocycles. The van der Waals surface area contributed by atoms with Gasteiger partial charge in [0, 0.05) is 25.7 Å². The molecule has 17 heavy (non-hydrogen) atoms. The van der Waals surface area contributed by atoms with Crippen LogP contribution in [0, 0.1) is 0 Å². The standard InChI is InChI=1S/C10H15N3O4/c14-9-7-8(10(15)16)11-13(9)2-1-12-3-5-17-6-4-12/h7,11H,1-6H2,(H,15,16). The predicted octanol–water partition coefficient (Wildman–Crippen LogP) is -0.793. The van der Waals surface area contributed by atoms with Crippen LogP contribution in [0.5, 0.6) is 0 Å². The Bertz CT molecular complexity index is 445. The minimum Gasteiger partial charge on any atom is -0.477 e. The third-order valence-electron chi connectivity index (χ3n) is 2.76. The highest BCUT2D eigenvalue weighted by molar-refractivity contribution is 5.84. The van der Waals surface area contributed by atoms with Gasteiger partial charge in [-0.2, -0.15) is 0 Å². The van der Waals surface area contributed by atoms with Gasteiger partial charge in [0.1, 0.15) is 5.69 Å². The molecule has 1 aromatic heterocycles. The first kappa shape index (κ1) is 11.9. The Hall–Kier alpha value is -1.60. The summed E-state index contributed by atoms with van der Waals surface area (Å²) in [5.41, 5.74) is -0.382. The molecule has 0 bridgehead atoms. The summed E-state index contributed by atoms with van der Waals surface area (Å²) < 4.78 is 6.53. The zero-order chi connectivity index (χ0) is 12.3. The third kappa shape index (κ3) is 2.95. The molecular weight excluding hydrogens is 226 g/mol. The fourth-order valence-corrected chi connectivity index (χ4v) is 1.78. The zero-order valence-electron chi connectivity index (χ0n) is 9.39. The first-order valence-corrected chi connectivity index (χ1v) is 5.50. The van der Waals surface area contributed by atoms with E-state index in [4.69, 9.17) is 9.84 Å². The Morgan fingerprint density at radius 2 is 2.12 bits per heavy atom. The van der Waals surface area contributed by atoms with Crippen LogP contribution < -0.4 is 5.56 Å². The molecule has 0 spiro atoms. The van der Waals surface area contributed by atoms with Crippen molar-refractivity contribution in [2.24, 2.45) is 0 Å². The minimum absolute atomic E-state index is 0.0722. The van der Waals surface area contributed by atoms with Gasteiger partial charge in [-0.25, -0.2) is 4.79 Å². The predicted molar refractivity (Wildman–Crippen MR) is 59.3 cm³/mol. The van der Waals surface area contributed by atoms with Gasteiger partial charge in [-0.1, -0.05) is 0 Å². The summed E-state index contributed by atoms with van der Waals surface area (Å²) in [5.74, 6) is -1.12. The lowest BCUT2D eigenvalue weighted by molar-refractivity contribution is 0.0358. The Morgan fingerprint density at radius 3 is 2.71 bits per heavy atom. The van der Waals surface area contributed by atoms with Gasteiger partial charge in [-0.15, -0.1) is 0 Å². The number of ether oxygens (including phenoxy) is 1. The lowest BCUT2D eigenvalue weighted by Crippen LogP contribution is -2.39. The summed E-state index contributed by atoms with van der Waals surface area (Å²) >= 11 is 0. The van der Waals surface area contributed by atoms with E-state index < -0.39 is 5.97 Å². The summed E-state index contributed by atoms with van der Waals surface area (Å²) in [7, 11) is 0. The number of H-pyrrole nitrogens is 1. The quantitative estimate of drug-likeness (QED) is 0.721. The maximum absolute atomic E-state index is 11.4. The van der Waals surface area contributed by atoms with Crippen LogP contribution in [0.1, 0.15) is 10.5 Å². The van der Waals surface area contributed by atoms with Crippen LogP contribution in [0.3, 0.4) is 0 Å². The molecule has 94 valence electrons. The number of hydrogen-bond acceptors (Lipinski definition) is 4. The lowest BCUT2D eigenvalue weighted by atomic mass is 10.4. The van der Waals surface area contributed by atoms with Crippen molar-refractivity contribution in [3.05, 3.63) is 22.1 Å². The molecule has 0 radical (unpaired) electrons. The Labute approximate surface area is 97.6 Å². The number of aromatic carboxylic acids is 1. The van der Waals surface area contributed by atoms with E-state index in [1.165, 1.54) is 4.68 Å². The highest BCUT2D eigenvalue weighted by Gasteiger charge is 2.12. The number of nitrogens with zero attached hydrogens (tertiary/aromatic N) is 2. The topological polar surface area (TPSA) is 87.6 Å². The number of aromatic nitrogens is 2. The largest absolute Gasteiger partial charge is 0.477 e. The van der Waals surface area contributed by atoms with Crippen molar-refractivity contribution in [2.45, 2.75) is 6.54 Å². The van der Waals surface area contributed by atoms with Crippen LogP contribution in [0.2, 0.25) is 0 Å². The summed E-state index contributed by atoms with van der Waals surface area (Å²) in [4.78, 5) is 24.3. The van der Waals surface area contributed by atoms with Gasteiger partial charge in [0.25, 0.3) is 5.56 Å². The number of carboxylic acid groups (broad SMARTS) is 1. The van der Waals surface area contributed by atoms with Crippen LogP contribution in [0.25, 0.3) is 0 Å². The van der Waals surface area contributed by atoms with Crippen molar-refractivity contribution in [2.75, 3.05) is 32.8 Å². The van der Waals surface area contributed by atoms with E-state index >= 15 is 0 Å². The molecule has 0 aliphatic carbocycles. The van der Waals surface area contributed by atoms with Crippen molar-refractivity contribution in [1.29, 1.82) is 0 Å². The van der Waals surface area contributed by atoms with Crippen LogP contribution >= 0.6 is 0 Å². The first-order chi connectivity index (χ1) is 8.16. The monoisotopic (exact) mass is 241 g/mol. The lowest BCUT2D eigenvalue weighted by Gasteiger charge is -2.26. The van der Waals surface area contributed by atoms with Gasteiger partial charge in [0.05, 0.1) is 19.8 Å². The van der Waals surface area contributed by atoms with Crippen LogP contribution in [-0.2, 0) is 11.3 Å². The normalized spacial score (nSPS) is 17.2. The molecule has 7 heteroatoms. The zero-order valence-corrected chi connectivity index (χ0v) is 9.39. The van der Waals surface area contributed by atoms with E-state index in [0.717, 1.165) is 19.2 Å². The number of rotatable bonds is 4. The first-order valence-electron chi connectivity index (χ1n) is 5.50. The second-order valence-electron chi connectivity index (χ2n) is 3.92. The van der Waals surface area contributed by atoms with Crippen molar-refractivity contribution >= 4 is 5.97 Å². The second kappa shape index (κ2) is 5.15. The van der Waals surface area contributed by atoms with Crippen LogP contribution in [-0.4, -0.2) is 58.6 Å². The fourth-order valence-electron chi connectivity index (χ4n) is 1.78. The van der Waals surface area contributed by atoms with E-state index in [9.17, 15) is 9.59 Å². The molecule has 1 aromatic rings. The van der Waals surface area contributed by atoms with Crippen molar-refractivity contribution in [1.82, 2.24) is 14.7 Å². The highest BCUT2D eigenvalue weighted by atomic mass is 16.5. The molecule has 1 aliphatic rings. The summed E-state index contributed by atoms with van der Waals surface area (Å²) in [6.45, 7) is 4.29. The van der Waals surface area contributed by atoms with Gasteiger partial charge in [0.15, 0.2) is 0 Å². The van der Waals surface area contributed by atoms with E-state index in [0.29, 0.717) is 26.3 Å². The fraction of sp³-hybridized carbons (Fsp3) is 0.600. The molecule has 0 unspecified atom stereocenters. The molecule has 1 saturated heterocycles. The molecule has 0 saturated carbocycles. The number of hydrogen-bond donors (Lipinski definition) is 2. The van der Waals surface area contributed by atoms with Gasteiger partial charge in [-0.05, 0) is 0 Å².